The third-order valence-corrected chi connectivity index (χ3v) is 3.26. The predicted octanol–water partition coefficient (Wildman–Crippen LogP) is 0.567. The molecule has 19 heavy (non-hydrogen) atoms. The van der Waals surface area contributed by atoms with Crippen LogP contribution in [-0.2, 0) is 27.4 Å². The number of ether oxygens (including phenoxy) is 2. The zero-order chi connectivity index (χ0) is 13.7. The van der Waals surface area contributed by atoms with E-state index in [1.54, 1.807) is 7.11 Å². The Morgan fingerprint density at radius 1 is 1.53 bits per heavy atom. The smallest absolute Gasteiger partial charge is 0.242 e. The van der Waals surface area contributed by atoms with Gasteiger partial charge in [-0.3, -0.25) is 4.79 Å². The van der Waals surface area contributed by atoms with E-state index in [-0.39, 0.29) is 5.91 Å². The molecule has 0 bridgehead atoms. The monoisotopic (exact) mass is 264 g/mol. The molecule has 1 saturated heterocycles. The minimum Gasteiger partial charge on any atom is -0.380 e. The maximum atomic E-state index is 12.0. The molecule has 1 aliphatic heterocycles. The molecule has 5 heteroatoms. The first-order chi connectivity index (χ1) is 9.14. The third kappa shape index (κ3) is 3.53. The van der Waals surface area contributed by atoms with Gasteiger partial charge in [-0.1, -0.05) is 24.3 Å². The van der Waals surface area contributed by atoms with Crippen LogP contribution >= 0.6 is 0 Å². The lowest BCUT2D eigenvalue weighted by atomic mass is 9.99. The van der Waals surface area contributed by atoms with E-state index in [9.17, 15) is 4.79 Å². The highest BCUT2D eigenvalue weighted by molar-refractivity contribution is 5.86. The lowest BCUT2D eigenvalue weighted by Crippen LogP contribution is -2.54. The average molecular weight is 264 g/mol. The van der Waals surface area contributed by atoms with Crippen molar-refractivity contribution in [2.45, 2.75) is 25.1 Å². The number of hydrogen-bond donors (Lipinski definition) is 2. The summed E-state index contributed by atoms with van der Waals surface area (Å²) in [6.07, 6.45) is 0.572. The summed E-state index contributed by atoms with van der Waals surface area (Å²) in [6, 6.07) is 7.92. The van der Waals surface area contributed by atoms with Crippen LogP contribution in [0.2, 0.25) is 0 Å². The van der Waals surface area contributed by atoms with Gasteiger partial charge in [-0.2, -0.15) is 0 Å². The highest BCUT2D eigenvalue weighted by Gasteiger charge is 2.37. The van der Waals surface area contributed by atoms with Gasteiger partial charge in [0.15, 0.2) is 0 Å². The zero-order valence-corrected chi connectivity index (χ0v) is 11.1. The summed E-state index contributed by atoms with van der Waals surface area (Å²) in [5, 5.41) is 2.87. The van der Waals surface area contributed by atoms with Gasteiger partial charge in [0, 0.05) is 20.3 Å². The second-order valence-corrected chi connectivity index (χ2v) is 4.89. The Morgan fingerprint density at radius 3 is 3.00 bits per heavy atom. The van der Waals surface area contributed by atoms with Crippen molar-refractivity contribution in [3.63, 3.8) is 0 Å². The molecule has 1 aliphatic rings. The highest BCUT2D eigenvalue weighted by Crippen LogP contribution is 2.15. The zero-order valence-electron chi connectivity index (χ0n) is 11.1. The Morgan fingerprint density at radius 2 is 2.32 bits per heavy atom. The number of rotatable bonds is 5. The molecule has 3 N–H and O–H groups in total. The van der Waals surface area contributed by atoms with Gasteiger partial charge in [-0.05, 0) is 17.5 Å². The number of carbonyl (C=O) groups is 1. The Balaban J connectivity index is 1.91. The van der Waals surface area contributed by atoms with Gasteiger partial charge >= 0.3 is 0 Å². The van der Waals surface area contributed by atoms with Crippen molar-refractivity contribution >= 4 is 5.91 Å². The molecule has 0 spiro atoms. The van der Waals surface area contributed by atoms with E-state index >= 15 is 0 Å². The van der Waals surface area contributed by atoms with Crippen molar-refractivity contribution in [3.8, 4) is 0 Å². The molecule has 0 radical (unpaired) electrons. The second kappa shape index (κ2) is 6.14. The van der Waals surface area contributed by atoms with Gasteiger partial charge in [0.2, 0.25) is 5.91 Å². The lowest BCUT2D eigenvalue weighted by Gasteiger charge is -2.20. The molecule has 1 aromatic carbocycles. The van der Waals surface area contributed by atoms with E-state index < -0.39 is 5.54 Å². The fourth-order valence-electron chi connectivity index (χ4n) is 2.11. The fourth-order valence-corrected chi connectivity index (χ4v) is 2.11. The van der Waals surface area contributed by atoms with E-state index in [2.05, 4.69) is 5.32 Å². The topological polar surface area (TPSA) is 73.6 Å². The van der Waals surface area contributed by atoms with Crippen LogP contribution in [0.4, 0.5) is 0 Å². The summed E-state index contributed by atoms with van der Waals surface area (Å²) in [5.41, 5.74) is 7.23. The van der Waals surface area contributed by atoms with E-state index in [1.807, 2.05) is 24.3 Å². The molecule has 0 aliphatic carbocycles. The molecule has 5 nitrogen and oxygen atoms in total. The van der Waals surface area contributed by atoms with Crippen LogP contribution in [0.5, 0.6) is 0 Å². The molecular formula is C14H20N2O3. The van der Waals surface area contributed by atoms with Gasteiger partial charge in [0.25, 0.3) is 0 Å². The number of hydrogen-bond acceptors (Lipinski definition) is 4. The predicted molar refractivity (Wildman–Crippen MR) is 71.4 cm³/mol. The molecule has 1 atom stereocenters. The summed E-state index contributed by atoms with van der Waals surface area (Å²) in [6.45, 7) is 1.88. The first kappa shape index (κ1) is 14.0. The number of carbonyl (C=O) groups excluding carboxylic acids is 1. The largest absolute Gasteiger partial charge is 0.380 e. The standard InChI is InChI=1S/C14H20N2O3/c1-18-9-12-4-2-3-11(7-12)8-16-13(17)14(15)5-6-19-10-14/h2-4,7H,5-6,8-10,15H2,1H3,(H,16,17). The first-order valence-electron chi connectivity index (χ1n) is 6.36. The number of amides is 1. The summed E-state index contributed by atoms with van der Waals surface area (Å²) >= 11 is 0. The van der Waals surface area contributed by atoms with Crippen molar-refractivity contribution < 1.29 is 14.3 Å². The SMILES string of the molecule is COCc1cccc(CNC(=O)C2(N)CCOC2)c1. The Labute approximate surface area is 113 Å². The van der Waals surface area contributed by atoms with Crippen LogP contribution in [0.1, 0.15) is 17.5 Å². The highest BCUT2D eigenvalue weighted by atomic mass is 16.5. The van der Waals surface area contributed by atoms with Crippen molar-refractivity contribution in [1.29, 1.82) is 0 Å². The van der Waals surface area contributed by atoms with Crippen molar-refractivity contribution in [3.05, 3.63) is 35.4 Å². The van der Waals surface area contributed by atoms with Crippen molar-refractivity contribution in [2.75, 3.05) is 20.3 Å². The number of nitrogens with one attached hydrogen (secondary N) is 1. The molecule has 1 amide bonds. The lowest BCUT2D eigenvalue weighted by molar-refractivity contribution is -0.126. The second-order valence-electron chi connectivity index (χ2n) is 4.89. The molecular weight excluding hydrogens is 244 g/mol. The quantitative estimate of drug-likeness (QED) is 0.815. The van der Waals surface area contributed by atoms with Gasteiger partial charge in [0.1, 0.15) is 5.54 Å². The van der Waals surface area contributed by atoms with Crippen LogP contribution in [0, 0.1) is 0 Å². The molecule has 1 fully saturated rings. The summed E-state index contributed by atoms with van der Waals surface area (Å²) in [7, 11) is 1.66. The Bertz CT molecular complexity index is 442. The van der Waals surface area contributed by atoms with E-state index in [0.717, 1.165) is 11.1 Å². The normalized spacial score (nSPS) is 22.4. The Hall–Kier alpha value is -1.43. The maximum Gasteiger partial charge on any atom is 0.242 e. The number of methoxy groups -OCH3 is 1. The molecule has 0 saturated carbocycles. The van der Waals surface area contributed by atoms with Crippen LogP contribution in [0.25, 0.3) is 0 Å². The minimum atomic E-state index is -0.871. The summed E-state index contributed by atoms with van der Waals surface area (Å²) in [5.74, 6) is -0.151. The van der Waals surface area contributed by atoms with Crippen LogP contribution < -0.4 is 11.1 Å². The van der Waals surface area contributed by atoms with Gasteiger partial charge in [0.05, 0.1) is 13.2 Å². The molecule has 1 aromatic rings. The van der Waals surface area contributed by atoms with Crippen molar-refractivity contribution in [2.24, 2.45) is 5.73 Å². The average Bonchev–Trinajstić information content (AvgIpc) is 2.85. The third-order valence-electron chi connectivity index (χ3n) is 3.26. The molecule has 1 unspecified atom stereocenters. The van der Waals surface area contributed by atoms with E-state index in [4.69, 9.17) is 15.2 Å². The van der Waals surface area contributed by atoms with Gasteiger partial charge in [-0.15, -0.1) is 0 Å². The van der Waals surface area contributed by atoms with Crippen LogP contribution in [0.15, 0.2) is 24.3 Å². The van der Waals surface area contributed by atoms with Crippen LogP contribution in [0.3, 0.4) is 0 Å². The van der Waals surface area contributed by atoms with Crippen LogP contribution in [-0.4, -0.2) is 31.8 Å². The maximum absolute atomic E-state index is 12.0. The summed E-state index contributed by atoms with van der Waals surface area (Å²) in [4.78, 5) is 12.0. The van der Waals surface area contributed by atoms with E-state index in [1.165, 1.54) is 0 Å². The fraction of sp³-hybridized carbons (Fsp3) is 0.500. The number of benzene rings is 1. The molecule has 0 aromatic heterocycles. The number of nitrogens with two attached hydrogens (primary N) is 1. The molecule has 2 rings (SSSR count). The molecule has 1 heterocycles. The minimum absolute atomic E-state index is 0.151. The van der Waals surface area contributed by atoms with Crippen molar-refractivity contribution in [1.82, 2.24) is 5.32 Å². The first-order valence-corrected chi connectivity index (χ1v) is 6.36. The summed E-state index contributed by atoms with van der Waals surface area (Å²) < 4.78 is 10.3. The van der Waals surface area contributed by atoms with Gasteiger partial charge < -0.3 is 20.5 Å². The Kier molecular flexibility index (Phi) is 4.52. The molecule has 104 valence electrons. The van der Waals surface area contributed by atoms with Gasteiger partial charge in [-0.25, -0.2) is 0 Å². The van der Waals surface area contributed by atoms with E-state index in [0.29, 0.717) is 32.8 Å².